The molecule has 0 unspecified atom stereocenters. The van der Waals surface area contributed by atoms with Crippen molar-refractivity contribution in [2.24, 2.45) is 0 Å². The van der Waals surface area contributed by atoms with Crippen LogP contribution in [0, 0.1) is 0 Å². The maximum atomic E-state index is 10.7. The smallest absolute Gasteiger partial charge is 0.150 e. The molecule has 0 aliphatic heterocycles. The molecule has 0 aliphatic rings. The van der Waals surface area contributed by atoms with E-state index in [1.165, 1.54) is 0 Å². The van der Waals surface area contributed by atoms with Crippen LogP contribution in [0.2, 0.25) is 0 Å². The summed E-state index contributed by atoms with van der Waals surface area (Å²) in [4.78, 5) is 10.7. The van der Waals surface area contributed by atoms with Crippen LogP contribution in [0.3, 0.4) is 0 Å². The predicted octanol–water partition coefficient (Wildman–Crippen LogP) is 1.09. The van der Waals surface area contributed by atoms with E-state index in [1.54, 1.807) is 19.1 Å². The van der Waals surface area contributed by atoms with Crippen molar-refractivity contribution in [3.63, 3.8) is 0 Å². The molecule has 0 bridgehead atoms. The molecule has 2 N–H and O–H groups in total. The fourth-order valence-corrected chi connectivity index (χ4v) is 1.39. The van der Waals surface area contributed by atoms with Gasteiger partial charge in [0.25, 0.3) is 0 Å². The van der Waals surface area contributed by atoms with Crippen molar-refractivity contribution in [3.8, 4) is 0 Å². The molecule has 0 fully saturated rings. The van der Waals surface area contributed by atoms with E-state index in [9.17, 15) is 9.90 Å². The Morgan fingerprint density at radius 2 is 2.21 bits per heavy atom. The van der Waals surface area contributed by atoms with Crippen LogP contribution in [0.25, 0.3) is 0 Å². The molecule has 0 saturated carbocycles. The van der Waals surface area contributed by atoms with Gasteiger partial charge in [-0.3, -0.25) is 4.79 Å². The Morgan fingerprint density at radius 1 is 1.50 bits per heavy atom. The van der Waals surface area contributed by atoms with Gasteiger partial charge in [0.15, 0.2) is 0 Å². The summed E-state index contributed by atoms with van der Waals surface area (Å²) < 4.78 is 0. The first-order valence-corrected chi connectivity index (χ1v) is 4.56. The van der Waals surface area contributed by atoms with E-state index in [1.807, 2.05) is 6.07 Å². The second kappa shape index (κ2) is 4.88. The third-order valence-electron chi connectivity index (χ3n) is 2.13. The van der Waals surface area contributed by atoms with Crippen LogP contribution < -0.4 is 0 Å². The van der Waals surface area contributed by atoms with Gasteiger partial charge >= 0.3 is 0 Å². The van der Waals surface area contributed by atoms with Crippen LogP contribution in [-0.4, -0.2) is 23.1 Å². The maximum absolute atomic E-state index is 10.7. The minimum atomic E-state index is -0.640. The number of benzene rings is 1. The van der Waals surface area contributed by atoms with Crippen molar-refractivity contribution < 1.29 is 15.0 Å². The number of hydrogen-bond donors (Lipinski definition) is 2. The number of aliphatic hydroxyl groups excluding tert-OH is 2. The first kappa shape index (κ1) is 10.9. The lowest BCUT2D eigenvalue weighted by Gasteiger charge is -2.09. The van der Waals surface area contributed by atoms with Crippen LogP contribution in [-0.2, 0) is 6.42 Å². The highest BCUT2D eigenvalue weighted by molar-refractivity contribution is 5.77. The molecule has 3 heteroatoms. The molecule has 0 aromatic heterocycles. The minimum Gasteiger partial charge on any atom is -0.396 e. The van der Waals surface area contributed by atoms with E-state index < -0.39 is 6.10 Å². The molecular weight excluding hydrogens is 180 g/mol. The minimum absolute atomic E-state index is 0.0618. The summed E-state index contributed by atoms with van der Waals surface area (Å²) in [6.45, 7) is 1.68. The first-order valence-electron chi connectivity index (χ1n) is 4.56. The maximum Gasteiger partial charge on any atom is 0.150 e. The van der Waals surface area contributed by atoms with Gasteiger partial charge in [-0.1, -0.05) is 12.1 Å². The molecule has 3 nitrogen and oxygen atoms in total. The van der Waals surface area contributed by atoms with Crippen molar-refractivity contribution in [2.45, 2.75) is 19.4 Å². The van der Waals surface area contributed by atoms with Crippen molar-refractivity contribution in [1.82, 2.24) is 0 Å². The Bertz CT molecular complexity index is 318. The van der Waals surface area contributed by atoms with Gasteiger partial charge in [-0.05, 0) is 30.5 Å². The van der Waals surface area contributed by atoms with Crippen LogP contribution in [0.5, 0.6) is 0 Å². The van der Waals surface area contributed by atoms with E-state index in [0.29, 0.717) is 17.5 Å². The van der Waals surface area contributed by atoms with Crippen LogP contribution >= 0.6 is 0 Å². The predicted molar refractivity (Wildman–Crippen MR) is 53.3 cm³/mol. The Balaban J connectivity index is 3.05. The fraction of sp³-hybridized carbons (Fsp3) is 0.364. The molecule has 0 heterocycles. The monoisotopic (exact) mass is 194 g/mol. The number of rotatable bonds is 4. The third-order valence-corrected chi connectivity index (χ3v) is 2.13. The molecule has 14 heavy (non-hydrogen) atoms. The topological polar surface area (TPSA) is 57.5 Å². The van der Waals surface area contributed by atoms with Gasteiger partial charge in [0, 0.05) is 12.2 Å². The van der Waals surface area contributed by atoms with Gasteiger partial charge in [0.2, 0.25) is 0 Å². The Labute approximate surface area is 83.0 Å². The van der Waals surface area contributed by atoms with Crippen molar-refractivity contribution in [3.05, 3.63) is 34.9 Å². The number of hydrogen-bond acceptors (Lipinski definition) is 3. The Hall–Kier alpha value is -1.19. The lowest BCUT2D eigenvalue weighted by Crippen LogP contribution is -2.00. The zero-order valence-electron chi connectivity index (χ0n) is 8.10. The molecule has 1 atom stereocenters. The molecule has 76 valence electrons. The summed E-state index contributed by atoms with van der Waals surface area (Å²) >= 11 is 0. The second-order valence-electron chi connectivity index (χ2n) is 3.23. The van der Waals surface area contributed by atoms with Gasteiger partial charge in [-0.2, -0.15) is 0 Å². The van der Waals surface area contributed by atoms with Crippen molar-refractivity contribution >= 4 is 6.29 Å². The van der Waals surface area contributed by atoms with Gasteiger partial charge < -0.3 is 10.2 Å². The molecule has 0 aliphatic carbocycles. The zero-order valence-corrected chi connectivity index (χ0v) is 8.10. The second-order valence-corrected chi connectivity index (χ2v) is 3.23. The van der Waals surface area contributed by atoms with Crippen molar-refractivity contribution in [1.29, 1.82) is 0 Å². The fourth-order valence-electron chi connectivity index (χ4n) is 1.39. The number of carbonyl (C=O) groups excluding carboxylic acids is 1. The van der Waals surface area contributed by atoms with Gasteiger partial charge in [0.05, 0.1) is 6.10 Å². The quantitative estimate of drug-likeness (QED) is 0.705. The highest BCUT2D eigenvalue weighted by Crippen LogP contribution is 2.18. The van der Waals surface area contributed by atoms with Crippen LogP contribution in [0.15, 0.2) is 18.2 Å². The SMILES string of the molecule is C[C@H](O)c1ccc(CCO)cc1C=O. The highest BCUT2D eigenvalue weighted by Gasteiger charge is 2.07. The molecular formula is C11H14O3. The van der Waals surface area contributed by atoms with Crippen molar-refractivity contribution in [2.75, 3.05) is 6.61 Å². The van der Waals surface area contributed by atoms with E-state index in [0.717, 1.165) is 11.8 Å². The average molecular weight is 194 g/mol. The van der Waals surface area contributed by atoms with Gasteiger partial charge in [0.1, 0.15) is 6.29 Å². The zero-order chi connectivity index (χ0) is 10.6. The van der Waals surface area contributed by atoms with Crippen LogP contribution in [0.1, 0.15) is 34.5 Å². The molecule has 0 spiro atoms. The molecule has 0 saturated heterocycles. The molecule has 0 amide bonds. The lowest BCUT2D eigenvalue weighted by atomic mass is 10.00. The number of aldehydes is 1. The average Bonchev–Trinajstić information content (AvgIpc) is 2.17. The molecule has 0 radical (unpaired) electrons. The summed E-state index contributed by atoms with van der Waals surface area (Å²) in [7, 11) is 0. The standard InChI is InChI=1S/C11H14O3/c1-8(14)11-3-2-9(4-5-12)6-10(11)7-13/h2-3,6-8,12,14H,4-5H2,1H3/t8-/m0/s1. The van der Waals surface area contributed by atoms with E-state index in [2.05, 4.69) is 0 Å². The first-order chi connectivity index (χ1) is 6.69. The molecule has 1 aromatic carbocycles. The summed E-state index contributed by atoms with van der Waals surface area (Å²) in [5.74, 6) is 0. The number of aliphatic hydroxyl groups is 2. The normalized spacial score (nSPS) is 12.5. The van der Waals surface area contributed by atoms with E-state index in [4.69, 9.17) is 5.11 Å². The third kappa shape index (κ3) is 2.40. The largest absolute Gasteiger partial charge is 0.396 e. The van der Waals surface area contributed by atoms with E-state index >= 15 is 0 Å². The molecule has 1 aromatic rings. The Morgan fingerprint density at radius 3 is 2.71 bits per heavy atom. The summed E-state index contributed by atoms with van der Waals surface area (Å²) in [6.07, 6.45) is 0.613. The summed E-state index contributed by atoms with van der Waals surface area (Å²) in [5.41, 5.74) is 2.02. The number of carbonyl (C=O) groups is 1. The van der Waals surface area contributed by atoms with Gasteiger partial charge in [-0.25, -0.2) is 0 Å². The highest BCUT2D eigenvalue weighted by atomic mass is 16.3. The summed E-state index contributed by atoms with van der Waals surface area (Å²) in [6, 6.07) is 5.23. The lowest BCUT2D eigenvalue weighted by molar-refractivity contribution is 0.111. The molecule has 1 rings (SSSR count). The van der Waals surface area contributed by atoms with Gasteiger partial charge in [-0.15, -0.1) is 0 Å². The Kier molecular flexibility index (Phi) is 3.80. The van der Waals surface area contributed by atoms with E-state index in [-0.39, 0.29) is 6.61 Å². The summed E-state index contributed by atoms with van der Waals surface area (Å²) in [5, 5.41) is 18.1. The van der Waals surface area contributed by atoms with Crippen LogP contribution in [0.4, 0.5) is 0 Å².